The first-order valence-corrected chi connectivity index (χ1v) is 17.5. The second-order valence-corrected chi connectivity index (χ2v) is 15.1. The largest absolute Gasteiger partial charge is 0.289 e. The molecule has 0 aliphatic heterocycles. The number of hydrogen-bond acceptors (Lipinski definition) is 2. The molecule has 0 unspecified atom stereocenters. The summed E-state index contributed by atoms with van der Waals surface area (Å²) in [7, 11) is -1.71. The van der Waals surface area contributed by atoms with E-state index in [1.54, 1.807) is 13.8 Å². The maximum atomic E-state index is 12.6. The highest BCUT2D eigenvalue weighted by molar-refractivity contribution is 7.95. The van der Waals surface area contributed by atoms with Crippen LogP contribution in [0.3, 0.4) is 0 Å². The Balaban J connectivity index is 1.23. The van der Waals surface area contributed by atoms with E-state index in [4.69, 9.17) is 0 Å². The maximum absolute atomic E-state index is 12.6. The van der Waals surface area contributed by atoms with Gasteiger partial charge in [0, 0.05) is 22.3 Å². The SMILES string of the molecule is CC1=C(C)C(=O)C(CCCCCCCCCCC[P+](c2ccccc2)(c2ccccc2)c2ccccc2)=C(C)C1=O. The van der Waals surface area contributed by atoms with Crippen LogP contribution in [0.4, 0.5) is 0 Å². The van der Waals surface area contributed by atoms with Crippen LogP contribution < -0.4 is 15.9 Å². The molecule has 0 aromatic heterocycles. The Bertz CT molecular complexity index is 1260. The zero-order chi connectivity index (χ0) is 29.1. The number of carbonyl (C=O) groups is 2. The molecule has 0 heterocycles. The van der Waals surface area contributed by atoms with Crippen molar-refractivity contribution in [2.45, 2.75) is 85.0 Å². The van der Waals surface area contributed by atoms with Gasteiger partial charge in [0.25, 0.3) is 0 Å². The van der Waals surface area contributed by atoms with E-state index in [0.717, 1.165) is 24.8 Å². The van der Waals surface area contributed by atoms with Crippen molar-refractivity contribution in [2.75, 3.05) is 6.16 Å². The van der Waals surface area contributed by atoms with Gasteiger partial charge in [-0.15, -0.1) is 0 Å². The molecule has 0 N–H and O–H groups in total. The summed E-state index contributed by atoms with van der Waals surface area (Å²) in [5.74, 6) is 0.130. The van der Waals surface area contributed by atoms with Crippen molar-refractivity contribution in [3.63, 3.8) is 0 Å². The van der Waals surface area contributed by atoms with E-state index in [-0.39, 0.29) is 11.6 Å². The van der Waals surface area contributed by atoms with Crippen molar-refractivity contribution in [1.29, 1.82) is 0 Å². The molecule has 0 saturated heterocycles. The third-order valence-electron chi connectivity index (χ3n) is 8.82. The van der Waals surface area contributed by atoms with E-state index >= 15 is 0 Å². The molecule has 3 heteroatoms. The van der Waals surface area contributed by atoms with Crippen LogP contribution in [0, 0.1) is 0 Å². The van der Waals surface area contributed by atoms with Gasteiger partial charge in [-0.25, -0.2) is 0 Å². The van der Waals surface area contributed by atoms with Crippen LogP contribution in [-0.4, -0.2) is 17.7 Å². The first-order chi connectivity index (χ1) is 20.0. The molecule has 41 heavy (non-hydrogen) atoms. The lowest BCUT2D eigenvalue weighted by atomic mass is 9.84. The molecule has 4 rings (SSSR count). The summed E-state index contributed by atoms with van der Waals surface area (Å²) in [6, 6.07) is 33.6. The molecule has 0 spiro atoms. The molecule has 1 aliphatic rings. The number of ketones is 2. The molecule has 1 aliphatic carbocycles. The number of allylic oxidation sites excluding steroid dienone is 4. The van der Waals surface area contributed by atoms with Gasteiger partial charge in [-0.2, -0.15) is 0 Å². The second-order valence-electron chi connectivity index (χ2n) is 11.5. The van der Waals surface area contributed by atoms with E-state index in [0.29, 0.717) is 16.7 Å². The lowest BCUT2D eigenvalue weighted by Crippen LogP contribution is -2.33. The molecule has 3 aromatic carbocycles. The van der Waals surface area contributed by atoms with Gasteiger partial charge in [0.15, 0.2) is 11.6 Å². The van der Waals surface area contributed by atoms with Gasteiger partial charge in [0.05, 0.1) is 6.16 Å². The molecule has 0 atom stereocenters. The fraction of sp³-hybridized carbons (Fsp3) is 0.368. The summed E-state index contributed by atoms with van der Waals surface area (Å²) >= 11 is 0. The van der Waals surface area contributed by atoms with Crippen molar-refractivity contribution in [3.8, 4) is 0 Å². The Morgan fingerprint density at radius 1 is 0.439 bits per heavy atom. The molecule has 0 radical (unpaired) electrons. The highest BCUT2D eigenvalue weighted by Crippen LogP contribution is 2.56. The second kappa shape index (κ2) is 15.2. The zero-order valence-electron chi connectivity index (χ0n) is 25.2. The summed E-state index contributed by atoms with van der Waals surface area (Å²) in [4.78, 5) is 25.0. The molecule has 0 fully saturated rings. The number of benzene rings is 3. The molecule has 0 amide bonds. The summed E-state index contributed by atoms with van der Waals surface area (Å²) in [5.41, 5.74) is 2.66. The molecule has 2 nitrogen and oxygen atoms in total. The summed E-state index contributed by atoms with van der Waals surface area (Å²) < 4.78 is 0. The van der Waals surface area contributed by atoms with Crippen molar-refractivity contribution < 1.29 is 9.59 Å². The predicted octanol–water partition coefficient (Wildman–Crippen LogP) is 8.69. The molecule has 0 bridgehead atoms. The Morgan fingerprint density at radius 2 is 0.805 bits per heavy atom. The van der Waals surface area contributed by atoms with Gasteiger partial charge < -0.3 is 0 Å². The van der Waals surface area contributed by atoms with Gasteiger partial charge in [0.1, 0.15) is 23.2 Å². The van der Waals surface area contributed by atoms with Gasteiger partial charge in [-0.1, -0.05) is 93.1 Å². The minimum absolute atomic E-state index is 0.0489. The lowest BCUT2D eigenvalue weighted by molar-refractivity contribution is -0.116. The van der Waals surface area contributed by atoms with Crippen LogP contribution in [0.1, 0.15) is 85.0 Å². The molecule has 0 saturated carbocycles. The normalized spacial score (nSPS) is 14.2. The van der Waals surface area contributed by atoms with Crippen molar-refractivity contribution in [3.05, 3.63) is 113 Å². The molecule has 214 valence electrons. The van der Waals surface area contributed by atoms with Gasteiger partial charge in [-0.3, -0.25) is 9.59 Å². The smallest absolute Gasteiger partial charge is 0.185 e. The quantitative estimate of drug-likeness (QED) is 0.105. The monoisotopic (exact) mass is 565 g/mol. The fourth-order valence-corrected chi connectivity index (χ4v) is 10.6. The maximum Gasteiger partial charge on any atom is 0.185 e. The number of carbonyl (C=O) groups excluding carboxylic acids is 2. The average Bonchev–Trinajstić information content (AvgIpc) is 3.02. The number of rotatable bonds is 15. The highest BCUT2D eigenvalue weighted by atomic mass is 31.2. The first kappa shape index (κ1) is 30.9. The first-order valence-electron chi connectivity index (χ1n) is 15.5. The van der Waals surface area contributed by atoms with Crippen LogP contribution in [0.5, 0.6) is 0 Å². The van der Waals surface area contributed by atoms with Crippen LogP contribution in [0.15, 0.2) is 113 Å². The average molecular weight is 566 g/mol. The third-order valence-corrected chi connectivity index (χ3v) is 13.3. The molecular formula is C38H46O2P+. The van der Waals surface area contributed by atoms with Crippen molar-refractivity contribution in [2.24, 2.45) is 0 Å². The van der Waals surface area contributed by atoms with Gasteiger partial charge in [-0.05, 0) is 82.9 Å². The predicted molar refractivity (Wildman–Crippen MR) is 177 cm³/mol. The zero-order valence-corrected chi connectivity index (χ0v) is 26.1. The van der Waals surface area contributed by atoms with Crippen LogP contribution in [-0.2, 0) is 9.59 Å². The third kappa shape index (κ3) is 7.41. The minimum atomic E-state index is -1.71. The lowest BCUT2D eigenvalue weighted by Gasteiger charge is -2.27. The van der Waals surface area contributed by atoms with E-state index in [1.165, 1.54) is 67.0 Å². The highest BCUT2D eigenvalue weighted by Gasteiger charge is 2.44. The van der Waals surface area contributed by atoms with Crippen molar-refractivity contribution in [1.82, 2.24) is 0 Å². The standard InChI is InChI=1S/C38H46O2P/c1-30-31(2)38(40)36(32(3)37(30)39)28-20-9-7-5-4-6-8-10-21-29-41(33-22-14-11-15-23-33,34-24-16-12-17-25-34)35-26-18-13-19-27-35/h11-19,22-27H,4-10,20-21,28-29H2,1-3H3/q+1. The summed E-state index contributed by atoms with van der Waals surface area (Å²) in [6.07, 6.45) is 12.8. The number of unbranched alkanes of at least 4 members (excludes halogenated alkanes) is 8. The van der Waals surface area contributed by atoms with Crippen LogP contribution in [0.2, 0.25) is 0 Å². The topological polar surface area (TPSA) is 34.1 Å². The molecular weight excluding hydrogens is 519 g/mol. The van der Waals surface area contributed by atoms with E-state index in [2.05, 4.69) is 91.0 Å². The Hall–Kier alpha value is -3.09. The van der Waals surface area contributed by atoms with Crippen LogP contribution >= 0.6 is 7.26 Å². The molecule has 3 aromatic rings. The Morgan fingerprint density at radius 3 is 1.24 bits per heavy atom. The van der Waals surface area contributed by atoms with Crippen molar-refractivity contribution >= 4 is 34.7 Å². The summed E-state index contributed by atoms with van der Waals surface area (Å²) in [6.45, 7) is 5.37. The Kier molecular flexibility index (Phi) is 11.5. The number of Topliss-reactive ketones (excluding diaryl/α,β-unsaturated/α-hetero) is 2. The van der Waals surface area contributed by atoms with E-state index in [9.17, 15) is 9.59 Å². The number of hydrogen-bond donors (Lipinski definition) is 0. The van der Waals surface area contributed by atoms with Gasteiger partial charge in [0.2, 0.25) is 0 Å². The van der Waals surface area contributed by atoms with E-state index < -0.39 is 7.26 Å². The van der Waals surface area contributed by atoms with E-state index in [1.807, 2.05) is 6.92 Å². The van der Waals surface area contributed by atoms with Gasteiger partial charge >= 0.3 is 0 Å². The Labute approximate surface area is 248 Å². The summed E-state index contributed by atoms with van der Waals surface area (Å²) in [5, 5.41) is 4.43. The minimum Gasteiger partial charge on any atom is -0.289 e. The fourth-order valence-electron chi connectivity index (χ4n) is 6.23. The van der Waals surface area contributed by atoms with Crippen LogP contribution in [0.25, 0.3) is 0 Å².